The molecule has 96 heavy (non-hydrogen) atoms. The summed E-state index contributed by atoms with van der Waals surface area (Å²) < 4.78 is 20.6. The summed E-state index contributed by atoms with van der Waals surface area (Å²) in [6, 6.07) is 39.9. The molecule has 10 aliphatic rings. The Kier molecular flexibility index (Phi) is 28.4. The molecule has 0 saturated carbocycles. The maximum Gasteiger partial charge on any atom is 0.410 e. The van der Waals surface area contributed by atoms with Crippen molar-refractivity contribution < 1.29 is 62.1 Å². The van der Waals surface area contributed by atoms with Crippen molar-refractivity contribution in [1.82, 2.24) is 49.8 Å². The number of benzene rings is 4. The van der Waals surface area contributed by atoms with Crippen molar-refractivity contribution >= 4 is 64.8 Å². The van der Waals surface area contributed by atoms with E-state index in [1.807, 2.05) is 146 Å². The number of halogens is 1. The molecule has 10 saturated heterocycles. The molecule has 8 amide bonds. The van der Waals surface area contributed by atoms with Crippen LogP contribution in [0.5, 0.6) is 0 Å². The Bertz CT molecular complexity index is 2890. The Hall–Kier alpha value is -8.28. The fourth-order valence-electron chi connectivity index (χ4n) is 13.8. The number of hydrogen-bond donors (Lipinski definition) is 2. The smallest absolute Gasteiger partial charge is 0.410 e. The molecular weight excluding hydrogens is 1250 g/mol. The van der Waals surface area contributed by atoms with Gasteiger partial charge in [-0.2, -0.15) is 0 Å². The Balaban J connectivity index is 0.000000139. The van der Waals surface area contributed by atoms with Crippen LogP contribution in [0.4, 0.5) is 19.2 Å². The number of piperazine rings is 5. The maximum absolute atomic E-state index is 12.1. The molecule has 24 heteroatoms. The number of carbonyl (C=O) groups is 9. The molecule has 10 aliphatic heterocycles. The van der Waals surface area contributed by atoms with Crippen LogP contribution in [0.1, 0.15) is 119 Å². The number of hydrogen-bond acceptors (Lipinski definition) is 15. The third-order valence-electron chi connectivity index (χ3n) is 19.0. The van der Waals surface area contributed by atoms with Gasteiger partial charge < -0.3 is 68.8 Å². The molecule has 0 bridgehead atoms. The Morgan fingerprint density at radius 2 is 0.594 bits per heavy atom. The van der Waals surface area contributed by atoms with E-state index >= 15 is 0 Å². The van der Waals surface area contributed by atoms with Crippen molar-refractivity contribution in [3.63, 3.8) is 0 Å². The van der Waals surface area contributed by atoms with E-state index in [1.165, 1.54) is 12.8 Å². The molecule has 14 rings (SSSR count). The first kappa shape index (κ1) is 72.0. The summed E-state index contributed by atoms with van der Waals surface area (Å²) in [5.74, 6) is 1.40. The van der Waals surface area contributed by atoms with Crippen molar-refractivity contribution in [3.8, 4) is 0 Å². The summed E-state index contributed by atoms with van der Waals surface area (Å²) in [6.45, 7) is 12.3. The van der Waals surface area contributed by atoms with Gasteiger partial charge >= 0.3 is 23.7 Å². The van der Waals surface area contributed by atoms with Gasteiger partial charge in [0.15, 0.2) is 0 Å². The Labute approximate surface area is 568 Å². The van der Waals surface area contributed by atoms with Crippen molar-refractivity contribution in [1.29, 1.82) is 0 Å². The first-order chi connectivity index (χ1) is 46.8. The van der Waals surface area contributed by atoms with Gasteiger partial charge in [0, 0.05) is 172 Å². The molecule has 0 aromatic heterocycles. The summed E-state index contributed by atoms with van der Waals surface area (Å²) >= 11 is 4.97. The second-order valence-corrected chi connectivity index (χ2v) is 25.9. The molecule has 1 unspecified atom stereocenters. The summed E-state index contributed by atoms with van der Waals surface area (Å²) in [6.07, 6.45) is 12.9. The topological polar surface area (TPSA) is 241 Å². The summed E-state index contributed by atoms with van der Waals surface area (Å²) in [5.41, 5.74) is 3.11. The zero-order valence-corrected chi connectivity index (χ0v) is 56.0. The predicted molar refractivity (Wildman–Crippen MR) is 360 cm³/mol. The second kappa shape index (κ2) is 37.9. The van der Waals surface area contributed by atoms with Gasteiger partial charge in [-0.05, 0) is 86.5 Å². The lowest BCUT2D eigenvalue weighted by Crippen LogP contribution is -2.58. The molecule has 4 aromatic carbocycles. The van der Waals surface area contributed by atoms with E-state index in [0.29, 0.717) is 122 Å². The van der Waals surface area contributed by atoms with E-state index in [4.69, 9.17) is 25.8 Å². The van der Waals surface area contributed by atoms with E-state index < -0.39 is 5.43 Å². The first-order valence-electron chi connectivity index (χ1n) is 34.4. The van der Waals surface area contributed by atoms with Crippen molar-refractivity contribution in [3.05, 3.63) is 144 Å². The third kappa shape index (κ3) is 22.1. The van der Waals surface area contributed by atoms with E-state index in [-0.39, 0.29) is 60.7 Å². The minimum atomic E-state index is -0.770. The van der Waals surface area contributed by atoms with Gasteiger partial charge in [0.05, 0.1) is 0 Å². The van der Waals surface area contributed by atoms with Crippen LogP contribution in [-0.2, 0) is 69.3 Å². The molecule has 0 radical (unpaired) electrons. The van der Waals surface area contributed by atoms with Crippen LogP contribution in [0, 0.1) is 0 Å². The normalized spacial score (nSPS) is 22.7. The van der Waals surface area contributed by atoms with E-state index in [0.717, 1.165) is 126 Å². The highest BCUT2D eigenvalue weighted by molar-refractivity contribution is 6.61. The number of nitrogens with zero attached hydrogens (tertiary/aromatic N) is 8. The number of amides is 8. The fraction of sp³-hybridized carbons (Fsp3) is 0.542. The standard InChI is InChI=1S/3C16H20N2O3.C8H7ClO2.2C8H14N2O/c3*19-15-8-4-7-14-11-17(9-10-18(14)15)16(20)21-12-13-5-2-1-3-6-13;9-8(10)11-6-7-4-2-1-3-5-7;2*11-8-3-1-2-7-6-9-4-5-10(7)8/h3*1-3,5-6,14H,4,7-12H2;1-5H,6H2;2*7,9H,1-6H2/t3*14-;;7-;/m110.1./s1. The van der Waals surface area contributed by atoms with Crippen LogP contribution < -0.4 is 10.6 Å². The number of nitrogens with one attached hydrogen (secondary N) is 2. The zero-order chi connectivity index (χ0) is 67.4. The maximum atomic E-state index is 12.1. The molecule has 23 nitrogen and oxygen atoms in total. The van der Waals surface area contributed by atoms with Gasteiger partial charge in [0.25, 0.3) is 0 Å². The summed E-state index contributed by atoms with van der Waals surface area (Å²) in [7, 11) is 0. The minimum absolute atomic E-state index is 0.171. The molecular formula is C72H95ClN10O13. The third-order valence-corrected chi connectivity index (χ3v) is 19.1. The van der Waals surface area contributed by atoms with E-state index in [2.05, 4.69) is 15.4 Å². The summed E-state index contributed by atoms with van der Waals surface area (Å²) in [5, 5.41) is 6.62. The van der Waals surface area contributed by atoms with E-state index in [1.54, 1.807) is 14.7 Å². The van der Waals surface area contributed by atoms with Crippen LogP contribution in [0.25, 0.3) is 0 Å². The van der Waals surface area contributed by atoms with Crippen molar-refractivity contribution in [2.24, 2.45) is 0 Å². The molecule has 2 N–H and O–H groups in total. The Morgan fingerprint density at radius 3 is 0.854 bits per heavy atom. The summed E-state index contributed by atoms with van der Waals surface area (Å²) in [4.78, 5) is 120. The number of carbonyl (C=O) groups excluding carboxylic acids is 9. The second-order valence-electron chi connectivity index (χ2n) is 25.5. The van der Waals surface area contributed by atoms with Crippen molar-refractivity contribution in [2.75, 3.05) is 98.2 Å². The number of piperidine rings is 5. The highest BCUT2D eigenvalue weighted by atomic mass is 35.5. The monoisotopic (exact) mass is 1340 g/mol. The van der Waals surface area contributed by atoms with Crippen LogP contribution in [0.3, 0.4) is 0 Å². The quantitative estimate of drug-likeness (QED) is 0.124. The van der Waals surface area contributed by atoms with Crippen LogP contribution >= 0.6 is 11.6 Å². The largest absolute Gasteiger partial charge is 0.449 e. The van der Waals surface area contributed by atoms with Gasteiger partial charge in [-0.25, -0.2) is 19.2 Å². The fourth-order valence-corrected chi connectivity index (χ4v) is 13.8. The van der Waals surface area contributed by atoms with Crippen LogP contribution in [-0.4, -0.2) is 221 Å². The molecule has 0 spiro atoms. The van der Waals surface area contributed by atoms with Gasteiger partial charge in [0.2, 0.25) is 29.5 Å². The number of fused-ring (bicyclic) bond motifs is 5. The lowest BCUT2D eigenvalue weighted by Gasteiger charge is -2.43. The lowest BCUT2D eigenvalue weighted by atomic mass is 9.99. The van der Waals surface area contributed by atoms with Gasteiger partial charge in [-0.3, -0.25) is 24.0 Å². The average Bonchev–Trinajstić information content (AvgIpc) is 0.867. The molecule has 4 aromatic rings. The SMILES string of the molecule is O=C(Cl)OCc1ccccc1.O=C(OCc1ccccc1)N1CCN2C(=O)CCC[C@@H]2C1.O=C(OCc1ccccc1)N1CCN2C(=O)CCC[C@@H]2C1.O=C(OCc1ccccc1)N1CCN2C(=O)CCC[C@H]2C1.O=C1CCCC2CNCCN12.O=C1CCC[C@@H]2CNCCN12. The van der Waals surface area contributed by atoms with Crippen molar-refractivity contribution in [2.45, 2.75) is 153 Å². The molecule has 0 aliphatic carbocycles. The van der Waals surface area contributed by atoms with Gasteiger partial charge in [-0.15, -0.1) is 0 Å². The van der Waals surface area contributed by atoms with Crippen LogP contribution in [0.15, 0.2) is 121 Å². The molecule has 5 atom stereocenters. The number of ether oxygens (including phenoxy) is 4. The highest BCUT2D eigenvalue weighted by Crippen LogP contribution is 2.27. The minimum Gasteiger partial charge on any atom is -0.449 e. The van der Waals surface area contributed by atoms with E-state index in [9.17, 15) is 43.2 Å². The average molecular weight is 1340 g/mol. The molecule has 518 valence electrons. The lowest BCUT2D eigenvalue weighted by molar-refractivity contribution is -0.139. The first-order valence-corrected chi connectivity index (χ1v) is 34.8. The zero-order valence-electron chi connectivity index (χ0n) is 55.2. The number of rotatable bonds is 8. The predicted octanol–water partition coefficient (Wildman–Crippen LogP) is 8.56. The molecule has 10 heterocycles. The van der Waals surface area contributed by atoms with Gasteiger partial charge in [0.1, 0.15) is 26.4 Å². The highest BCUT2D eigenvalue weighted by Gasteiger charge is 2.38. The Morgan fingerprint density at radius 1 is 0.344 bits per heavy atom. The van der Waals surface area contributed by atoms with Crippen LogP contribution in [0.2, 0.25) is 0 Å². The van der Waals surface area contributed by atoms with Gasteiger partial charge in [-0.1, -0.05) is 121 Å². The molecule has 10 fully saturated rings.